The maximum absolute atomic E-state index is 12.4. The van der Waals surface area contributed by atoms with E-state index in [1.54, 1.807) is 33.1 Å². The molecule has 134 valence electrons. The van der Waals surface area contributed by atoms with Crippen LogP contribution in [0.25, 0.3) is 0 Å². The van der Waals surface area contributed by atoms with Gasteiger partial charge in [0.05, 0.1) is 17.7 Å². The molecule has 0 aliphatic carbocycles. The number of rotatable bonds is 6. The highest BCUT2D eigenvalue weighted by Crippen LogP contribution is 2.25. The summed E-state index contributed by atoms with van der Waals surface area (Å²) in [6.07, 6.45) is 1.17. The van der Waals surface area contributed by atoms with E-state index in [1.807, 2.05) is 19.1 Å². The van der Waals surface area contributed by atoms with Gasteiger partial charge in [-0.3, -0.25) is 9.59 Å². The highest BCUT2D eigenvalue weighted by atomic mass is 32.1. The minimum atomic E-state index is -0.374. The molecule has 7 heteroatoms. The Balaban J connectivity index is 2.60. The van der Waals surface area contributed by atoms with Crippen molar-refractivity contribution in [3.8, 4) is 11.6 Å². The lowest BCUT2D eigenvalue weighted by atomic mass is 10.3. The molecule has 1 aromatic carbocycles. The summed E-state index contributed by atoms with van der Waals surface area (Å²) in [5.41, 5.74) is 0.690. The molecule has 1 heterocycles. The molecule has 0 aliphatic heterocycles. The fourth-order valence-electron chi connectivity index (χ4n) is 2.14. The molecule has 2 aromatic rings. The molecule has 0 fully saturated rings. The van der Waals surface area contributed by atoms with Crippen LogP contribution in [0.1, 0.15) is 43.3 Å². The van der Waals surface area contributed by atoms with E-state index in [9.17, 15) is 9.59 Å². The monoisotopic (exact) mass is 362 g/mol. The Hall–Kier alpha value is -2.41. The number of hydrogen-bond acceptors (Lipinski definition) is 6. The Labute approximate surface area is 150 Å². The highest BCUT2D eigenvalue weighted by Gasteiger charge is 2.20. The Morgan fingerprint density at radius 2 is 1.80 bits per heavy atom. The summed E-state index contributed by atoms with van der Waals surface area (Å²) in [5, 5.41) is 0. The fraction of sp³-hybridized carbons (Fsp3) is 0.389. The Morgan fingerprint density at radius 1 is 1.12 bits per heavy atom. The van der Waals surface area contributed by atoms with Gasteiger partial charge in [0, 0.05) is 12.8 Å². The number of carbonyl (C=O) groups is 2. The zero-order valence-corrected chi connectivity index (χ0v) is 15.7. The predicted octanol–water partition coefficient (Wildman–Crippen LogP) is 3.72. The van der Waals surface area contributed by atoms with Gasteiger partial charge in [0.25, 0.3) is 0 Å². The van der Waals surface area contributed by atoms with E-state index in [1.165, 1.54) is 15.9 Å². The summed E-state index contributed by atoms with van der Waals surface area (Å²) in [6.45, 7) is 5.43. The lowest BCUT2D eigenvalue weighted by molar-refractivity contribution is -0.134. The second-order valence-electron chi connectivity index (χ2n) is 5.19. The second-order valence-corrected chi connectivity index (χ2v) is 6.25. The van der Waals surface area contributed by atoms with Crippen molar-refractivity contribution >= 4 is 28.9 Å². The molecule has 0 bridgehead atoms. The molecule has 0 spiro atoms. The number of aromatic nitrogens is 1. The number of thiazole rings is 1. The third-order valence-corrected chi connectivity index (χ3v) is 4.68. The van der Waals surface area contributed by atoms with Crippen molar-refractivity contribution in [1.82, 2.24) is 4.57 Å². The summed E-state index contributed by atoms with van der Waals surface area (Å²) in [6, 6.07) is 7.22. The molecule has 0 atom stereocenters. The van der Waals surface area contributed by atoms with Crippen molar-refractivity contribution in [2.75, 3.05) is 7.11 Å². The number of ether oxygens (including phenoxy) is 2. The van der Waals surface area contributed by atoms with Gasteiger partial charge in [-0.2, -0.15) is 0 Å². The zero-order chi connectivity index (χ0) is 18.4. The average Bonchev–Trinajstić information content (AvgIpc) is 2.98. The molecular formula is C18H22N2O4S. The summed E-state index contributed by atoms with van der Waals surface area (Å²) in [4.78, 5) is 30.1. The van der Waals surface area contributed by atoms with E-state index < -0.39 is 0 Å². The van der Waals surface area contributed by atoms with Gasteiger partial charge >= 0.3 is 5.97 Å². The molecule has 0 saturated carbocycles. The minimum Gasteiger partial charge on any atom is -0.497 e. The van der Waals surface area contributed by atoms with Crippen LogP contribution in [0.15, 0.2) is 29.3 Å². The zero-order valence-electron chi connectivity index (χ0n) is 14.9. The number of benzene rings is 1. The largest absolute Gasteiger partial charge is 0.497 e. The Bertz CT molecular complexity index is 819. The van der Waals surface area contributed by atoms with E-state index in [2.05, 4.69) is 4.99 Å². The van der Waals surface area contributed by atoms with E-state index in [0.717, 1.165) is 10.6 Å². The van der Waals surface area contributed by atoms with Crippen molar-refractivity contribution < 1.29 is 19.1 Å². The maximum Gasteiger partial charge on any atom is 0.312 e. The average molecular weight is 362 g/mol. The SMILES string of the molecule is CCC(=O)Oc1c(CC)sc(=Nc2ccc(OC)cc2)n1C(=O)CC. The number of esters is 1. The van der Waals surface area contributed by atoms with Gasteiger partial charge in [-0.25, -0.2) is 9.56 Å². The first-order chi connectivity index (χ1) is 12.0. The number of aryl methyl sites for hydroxylation is 1. The van der Waals surface area contributed by atoms with Crippen LogP contribution in [0.2, 0.25) is 0 Å². The first-order valence-corrected chi connectivity index (χ1v) is 9.02. The van der Waals surface area contributed by atoms with Gasteiger partial charge in [-0.1, -0.05) is 32.1 Å². The van der Waals surface area contributed by atoms with E-state index in [4.69, 9.17) is 9.47 Å². The maximum atomic E-state index is 12.4. The second kappa shape index (κ2) is 8.62. The fourth-order valence-corrected chi connectivity index (χ4v) is 3.15. The smallest absolute Gasteiger partial charge is 0.312 e. The van der Waals surface area contributed by atoms with E-state index >= 15 is 0 Å². The first-order valence-electron chi connectivity index (χ1n) is 8.21. The molecule has 1 aromatic heterocycles. The first kappa shape index (κ1) is 18.9. The molecular weight excluding hydrogens is 340 g/mol. The van der Waals surface area contributed by atoms with Crippen molar-refractivity contribution in [2.24, 2.45) is 4.99 Å². The third-order valence-electron chi connectivity index (χ3n) is 3.52. The van der Waals surface area contributed by atoms with Gasteiger partial charge in [-0.05, 0) is 30.7 Å². The Kier molecular flexibility index (Phi) is 6.52. The summed E-state index contributed by atoms with van der Waals surface area (Å²) >= 11 is 1.35. The van der Waals surface area contributed by atoms with Crippen molar-refractivity contribution in [1.29, 1.82) is 0 Å². The summed E-state index contributed by atoms with van der Waals surface area (Å²) < 4.78 is 12.0. The van der Waals surface area contributed by atoms with E-state index in [-0.39, 0.29) is 24.7 Å². The van der Waals surface area contributed by atoms with Crippen LogP contribution in [0.4, 0.5) is 5.69 Å². The standard InChI is InChI=1S/C18H22N2O4S/c1-5-14-17(24-16(22)7-3)20(15(21)6-2)18(25-14)19-12-8-10-13(23-4)11-9-12/h8-11H,5-7H2,1-4H3. The third kappa shape index (κ3) is 4.36. The molecule has 2 rings (SSSR count). The van der Waals surface area contributed by atoms with Gasteiger partial charge in [0.1, 0.15) is 5.75 Å². The quantitative estimate of drug-likeness (QED) is 0.735. The summed E-state index contributed by atoms with van der Waals surface area (Å²) in [5.74, 6) is 0.483. The van der Waals surface area contributed by atoms with Crippen molar-refractivity contribution in [3.05, 3.63) is 33.9 Å². The topological polar surface area (TPSA) is 69.9 Å². The molecule has 0 N–H and O–H groups in total. The lowest BCUT2D eigenvalue weighted by Crippen LogP contribution is -2.24. The van der Waals surface area contributed by atoms with E-state index in [0.29, 0.717) is 22.8 Å². The Morgan fingerprint density at radius 3 is 2.32 bits per heavy atom. The predicted molar refractivity (Wildman–Crippen MR) is 96.7 cm³/mol. The van der Waals surface area contributed by atoms with Crippen LogP contribution in [-0.4, -0.2) is 23.6 Å². The molecule has 25 heavy (non-hydrogen) atoms. The lowest BCUT2D eigenvalue weighted by Gasteiger charge is -2.08. The number of hydrogen-bond donors (Lipinski definition) is 0. The van der Waals surface area contributed by atoms with Crippen LogP contribution in [0.5, 0.6) is 11.6 Å². The molecule has 6 nitrogen and oxygen atoms in total. The van der Waals surface area contributed by atoms with Gasteiger partial charge < -0.3 is 9.47 Å². The highest BCUT2D eigenvalue weighted by molar-refractivity contribution is 7.09. The van der Waals surface area contributed by atoms with Crippen LogP contribution in [-0.2, 0) is 11.2 Å². The molecule has 0 aliphatic rings. The number of nitrogens with zero attached hydrogens (tertiary/aromatic N) is 2. The van der Waals surface area contributed by atoms with Gasteiger partial charge in [0.15, 0.2) is 4.80 Å². The molecule has 0 unspecified atom stereocenters. The van der Waals surface area contributed by atoms with Crippen LogP contribution in [0, 0.1) is 0 Å². The van der Waals surface area contributed by atoms with Crippen LogP contribution < -0.4 is 14.3 Å². The van der Waals surface area contributed by atoms with Gasteiger partial charge in [0.2, 0.25) is 11.8 Å². The molecule has 0 saturated heterocycles. The molecule has 0 amide bonds. The number of methoxy groups -OCH3 is 1. The summed E-state index contributed by atoms with van der Waals surface area (Å²) in [7, 11) is 1.60. The minimum absolute atomic E-state index is 0.165. The normalized spacial score (nSPS) is 11.4. The van der Waals surface area contributed by atoms with Gasteiger partial charge in [-0.15, -0.1) is 0 Å². The molecule has 0 radical (unpaired) electrons. The van der Waals surface area contributed by atoms with Crippen molar-refractivity contribution in [2.45, 2.75) is 40.0 Å². The number of carbonyl (C=O) groups excluding carboxylic acids is 2. The van der Waals surface area contributed by atoms with Crippen molar-refractivity contribution in [3.63, 3.8) is 0 Å². The van der Waals surface area contributed by atoms with Crippen LogP contribution in [0.3, 0.4) is 0 Å². The van der Waals surface area contributed by atoms with Crippen LogP contribution >= 0.6 is 11.3 Å².